The highest BCUT2D eigenvalue weighted by Gasteiger charge is 2.09. The summed E-state index contributed by atoms with van der Waals surface area (Å²) >= 11 is 0. The zero-order chi connectivity index (χ0) is 13.5. The lowest BCUT2D eigenvalue weighted by molar-refractivity contribution is 0.0819. The van der Waals surface area contributed by atoms with E-state index in [4.69, 9.17) is 4.74 Å². The molecule has 0 aliphatic carbocycles. The summed E-state index contributed by atoms with van der Waals surface area (Å²) in [5, 5.41) is 3.32. The highest BCUT2D eigenvalue weighted by Crippen LogP contribution is 2.13. The quantitative estimate of drug-likeness (QED) is 0.853. The van der Waals surface area contributed by atoms with Gasteiger partial charge in [0, 0.05) is 32.7 Å². The van der Waals surface area contributed by atoms with Gasteiger partial charge in [-0.2, -0.15) is 0 Å². The topological polar surface area (TPSA) is 24.5 Å². The van der Waals surface area contributed by atoms with Crippen LogP contribution in [0.25, 0.3) is 0 Å². The summed E-state index contributed by atoms with van der Waals surface area (Å²) < 4.78 is 28.9. The van der Waals surface area contributed by atoms with Crippen molar-refractivity contribution in [1.82, 2.24) is 10.2 Å². The van der Waals surface area contributed by atoms with Crippen molar-refractivity contribution in [3.05, 3.63) is 29.8 Å². The largest absolute Gasteiger partial charge is 0.488 e. The van der Waals surface area contributed by atoms with Crippen molar-refractivity contribution in [2.75, 3.05) is 39.3 Å². The number of nitrogens with zero attached hydrogens (tertiary/aromatic N) is 1. The second-order valence-corrected chi connectivity index (χ2v) is 4.69. The van der Waals surface area contributed by atoms with Gasteiger partial charge in [-0.1, -0.05) is 12.1 Å². The molecule has 0 unspecified atom stereocenters. The van der Waals surface area contributed by atoms with E-state index in [-0.39, 0.29) is 0 Å². The summed E-state index contributed by atoms with van der Waals surface area (Å²) in [5.41, 5.74) is 1.21. The van der Waals surface area contributed by atoms with Gasteiger partial charge in [-0.3, -0.25) is 0 Å². The molecule has 19 heavy (non-hydrogen) atoms. The second-order valence-electron chi connectivity index (χ2n) is 4.69. The number of ether oxygens (including phenoxy) is 1. The molecule has 0 amide bonds. The molecule has 0 bridgehead atoms. The highest BCUT2D eigenvalue weighted by atomic mass is 19.3. The Balaban J connectivity index is 1.74. The predicted molar refractivity (Wildman–Crippen MR) is 71.0 cm³/mol. The van der Waals surface area contributed by atoms with Crippen molar-refractivity contribution in [3.63, 3.8) is 0 Å². The standard InChI is InChI=1S/C14H20F2N2O/c15-14(16)11-19-13-3-1-12(2-4-13)5-8-18-9-6-17-7-10-18/h1-4,14,17H,5-11H2. The van der Waals surface area contributed by atoms with Gasteiger partial charge in [0.25, 0.3) is 6.43 Å². The molecule has 1 aliphatic heterocycles. The molecular weight excluding hydrogens is 250 g/mol. The smallest absolute Gasteiger partial charge is 0.272 e. The van der Waals surface area contributed by atoms with Crippen LogP contribution in [0.4, 0.5) is 8.78 Å². The van der Waals surface area contributed by atoms with Crippen molar-refractivity contribution < 1.29 is 13.5 Å². The molecule has 106 valence electrons. The molecule has 1 aromatic carbocycles. The minimum atomic E-state index is -2.42. The summed E-state index contributed by atoms with van der Waals surface area (Å²) in [6.45, 7) is 4.80. The van der Waals surface area contributed by atoms with E-state index in [9.17, 15) is 8.78 Å². The first kappa shape index (κ1) is 14.2. The molecule has 0 atom stereocenters. The Morgan fingerprint density at radius 3 is 2.47 bits per heavy atom. The molecule has 1 aromatic rings. The van der Waals surface area contributed by atoms with Gasteiger partial charge in [0.15, 0.2) is 0 Å². The average Bonchev–Trinajstić information content (AvgIpc) is 2.45. The lowest BCUT2D eigenvalue weighted by Gasteiger charge is -2.27. The summed E-state index contributed by atoms with van der Waals surface area (Å²) in [6.07, 6.45) is -1.44. The maximum Gasteiger partial charge on any atom is 0.272 e. The average molecular weight is 270 g/mol. The minimum absolute atomic E-state index is 0.506. The monoisotopic (exact) mass is 270 g/mol. The van der Waals surface area contributed by atoms with E-state index in [1.807, 2.05) is 12.1 Å². The zero-order valence-electron chi connectivity index (χ0n) is 10.9. The van der Waals surface area contributed by atoms with E-state index in [2.05, 4.69) is 10.2 Å². The van der Waals surface area contributed by atoms with Crippen LogP contribution in [0.15, 0.2) is 24.3 Å². The maximum atomic E-state index is 12.0. The first-order chi connectivity index (χ1) is 9.24. The molecular formula is C14H20F2N2O. The lowest BCUT2D eigenvalue weighted by Crippen LogP contribution is -2.44. The normalized spacial score (nSPS) is 16.8. The van der Waals surface area contributed by atoms with Crippen molar-refractivity contribution in [3.8, 4) is 5.75 Å². The van der Waals surface area contributed by atoms with Crippen LogP contribution in [0.5, 0.6) is 5.75 Å². The Kier molecular flexibility index (Phi) is 5.54. The van der Waals surface area contributed by atoms with Gasteiger partial charge in [-0.25, -0.2) is 8.78 Å². The third-order valence-corrected chi connectivity index (χ3v) is 3.23. The number of hydrogen-bond donors (Lipinski definition) is 1. The van der Waals surface area contributed by atoms with E-state index < -0.39 is 13.0 Å². The molecule has 3 nitrogen and oxygen atoms in total. The van der Waals surface area contributed by atoms with Crippen LogP contribution < -0.4 is 10.1 Å². The SMILES string of the molecule is FC(F)COc1ccc(CCN2CCNCC2)cc1. The molecule has 0 spiro atoms. The van der Waals surface area contributed by atoms with Crippen molar-refractivity contribution >= 4 is 0 Å². The van der Waals surface area contributed by atoms with Gasteiger partial charge < -0.3 is 15.0 Å². The molecule has 1 heterocycles. The van der Waals surface area contributed by atoms with Gasteiger partial charge >= 0.3 is 0 Å². The summed E-state index contributed by atoms with van der Waals surface area (Å²) in [6, 6.07) is 7.41. The Labute approximate surface area is 112 Å². The first-order valence-electron chi connectivity index (χ1n) is 6.67. The molecule has 1 N–H and O–H groups in total. The molecule has 0 radical (unpaired) electrons. The van der Waals surface area contributed by atoms with E-state index in [1.165, 1.54) is 5.56 Å². The fraction of sp³-hybridized carbons (Fsp3) is 0.571. The number of alkyl halides is 2. The number of benzene rings is 1. The molecule has 5 heteroatoms. The van der Waals surface area contributed by atoms with E-state index in [1.54, 1.807) is 12.1 Å². The highest BCUT2D eigenvalue weighted by molar-refractivity contribution is 5.27. The minimum Gasteiger partial charge on any atom is -0.488 e. The van der Waals surface area contributed by atoms with E-state index in [0.29, 0.717) is 5.75 Å². The third-order valence-electron chi connectivity index (χ3n) is 3.23. The Hall–Kier alpha value is -1.20. The second kappa shape index (κ2) is 7.40. The Morgan fingerprint density at radius 2 is 1.84 bits per heavy atom. The Morgan fingerprint density at radius 1 is 1.16 bits per heavy atom. The molecule has 2 rings (SSSR count). The van der Waals surface area contributed by atoms with Crippen LogP contribution in [0.1, 0.15) is 5.56 Å². The van der Waals surface area contributed by atoms with Gasteiger partial charge in [0.2, 0.25) is 0 Å². The van der Waals surface area contributed by atoms with Gasteiger partial charge in [0.05, 0.1) is 0 Å². The van der Waals surface area contributed by atoms with Crippen molar-refractivity contribution in [2.45, 2.75) is 12.8 Å². The lowest BCUT2D eigenvalue weighted by atomic mass is 10.1. The van der Waals surface area contributed by atoms with Gasteiger partial charge in [-0.15, -0.1) is 0 Å². The van der Waals surface area contributed by atoms with Crippen LogP contribution in [0.2, 0.25) is 0 Å². The maximum absolute atomic E-state index is 12.0. The fourth-order valence-corrected chi connectivity index (χ4v) is 2.13. The summed E-state index contributed by atoms with van der Waals surface area (Å²) in [4.78, 5) is 2.43. The van der Waals surface area contributed by atoms with Gasteiger partial charge in [0.1, 0.15) is 12.4 Å². The molecule has 1 saturated heterocycles. The van der Waals surface area contributed by atoms with Crippen LogP contribution in [-0.4, -0.2) is 50.7 Å². The molecule has 1 fully saturated rings. The number of rotatable bonds is 6. The molecule has 1 aliphatic rings. The zero-order valence-corrected chi connectivity index (χ0v) is 10.9. The van der Waals surface area contributed by atoms with E-state index in [0.717, 1.165) is 39.1 Å². The molecule has 0 saturated carbocycles. The summed E-state index contributed by atoms with van der Waals surface area (Å²) in [5.74, 6) is 0.506. The number of nitrogens with one attached hydrogen (secondary N) is 1. The predicted octanol–water partition coefficient (Wildman–Crippen LogP) is 1.78. The van der Waals surface area contributed by atoms with Crippen molar-refractivity contribution in [2.24, 2.45) is 0 Å². The summed E-state index contributed by atoms with van der Waals surface area (Å²) in [7, 11) is 0. The van der Waals surface area contributed by atoms with Crippen LogP contribution >= 0.6 is 0 Å². The van der Waals surface area contributed by atoms with Crippen LogP contribution in [0.3, 0.4) is 0 Å². The Bertz CT molecular complexity index is 364. The fourth-order valence-electron chi connectivity index (χ4n) is 2.13. The van der Waals surface area contributed by atoms with Crippen molar-refractivity contribution in [1.29, 1.82) is 0 Å². The van der Waals surface area contributed by atoms with Gasteiger partial charge in [-0.05, 0) is 24.1 Å². The molecule has 0 aromatic heterocycles. The van der Waals surface area contributed by atoms with Crippen LogP contribution in [0, 0.1) is 0 Å². The number of piperazine rings is 1. The van der Waals surface area contributed by atoms with E-state index >= 15 is 0 Å². The first-order valence-corrected chi connectivity index (χ1v) is 6.67. The number of hydrogen-bond acceptors (Lipinski definition) is 3. The van der Waals surface area contributed by atoms with Crippen LogP contribution in [-0.2, 0) is 6.42 Å². The third kappa shape index (κ3) is 5.12. The number of halogens is 2.